The van der Waals surface area contributed by atoms with E-state index in [0.717, 1.165) is 11.0 Å². The Morgan fingerprint density at radius 1 is 0.952 bits per heavy atom. The second-order valence-corrected chi connectivity index (χ2v) is 5.34. The van der Waals surface area contributed by atoms with Crippen LogP contribution in [0, 0.1) is 0 Å². The Balaban J connectivity index is 1.96. The first-order valence-corrected chi connectivity index (χ1v) is 7.38. The number of aromatic nitrogens is 1. The fourth-order valence-electron chi connectivity index (χ4n) is 2.89. The van der Waals surface area contributed by atoms with Gasteiger partial charge in [0.1, 0.15) is 12.6 Å². The molecule has 2 aromatic carbocycles. The summed E-state index contributed by atoms with van der Waals surface area (Å²) in [7, 11) is 0. The lowest BCUT2D eigenvalue weighted by Gasteiger charge is -2.12. The summed E-state index contributed by atoms with van der Waals surface area (Å²) in [4.78, 5) is 0. The Bertz CT molecular complexity index is 683. The first kappa shape index (κ1) is 14.1. The van der Waals surface area contributed by atoms with Crippen LogP contribution in [-0.4, -0.2) is 40.6 Å². The van der Waals surface area contributed by atoms with Gasteiger partial charge in [0.15, 0.2) is 0 Å². The molecule has 0 aliphatic heterocycles. The highest BCUT2D eigenvalue weighted by atomic mass is 16.3. The quantitative estimate of drug-likeness (QED) is 0.584. The summed E-state index contributed by atoms with van der Waals surface area (Å²) in [6.07, 6.45) is -0.434. The molecular formula is C17H21N2O2+. The van der Waals surface area contributed by atoms with Crippen LogP contribution < -0.4 is 5.32 Å². The topological polar surface area (TPSA) is 62.0 Å². The molecule has 1 heterocycles. The molecule has 1 atom stereocenters. The lowest BCUT2D eigenvalue weighted by atomic mass is 10.2. The van der Waals surface area contributed by atoms with Gasteiger partial charge in [0.05, 0.1) is 19.7 Å². The predicted octanol–water partition coefficient (Wildman–Crippen LogP) is 0.711. The van der Waals surface area contributed by atoms with Gasteiger partial charge in [-0.2, -0.15) is 0 Å². The molecule has 3 aromatic rings. The molecule has 0 radical (unpaired) electrons. The van der Waals surface area contributed by atoms with E-state index >= 15 is 0 Å². The lowest BCUT2D eigenvalue weighted by molar-refractivity contribution is -0.662. The Hall–Kier alpha value is -1.88. The van der Waals surface area contributed by atoms with Crippen LogP contribution in [0.25, 0.3) is 21.8 Å². The molecule has 0 saturated carbocycles. The Morgan fingerprint density at radius 3 is 2.10 bits per heavy atom. The monoisotopic (exact) mass is 285 g/mol. The minimum atomic E-state index is -0.434. The van der Waals surface area contributed by atoms with E-state index in [9.17, 15) is 5.11 Å². The summed E-state index contributed by atoms with van der Waals surface area (Å²) in [5.74, 6) is 0. The maximum atomic E-state index is 10.2. The number of aliphatic hydroxyl groups excluding tert-OH is 2. The van der Waals surface area contributed by atoms with Crippen LogP contribution in [0.5, 0.6) is 0 Å². The Morgan fingerprint density at radius 2 is 1.52 bits per heavy atom. The average Bonchev–Trinajstić information content (AvgIpc) is 2.83. The normalized spacial score (nSPS) is 13.0. The number of hydrogen-bond acceptors (Lipinski definition) is 2. The third-order valence-corrected chi connectivity index (χ3v) is 3.85. The van der Waals surface area contributed by atoms with E-state index < -0.39 is 6.10 Å². The first-order chi connectivity index (χ1) is 10.3. The zero-order chi connectivity index (χ0) is 14.7. The van der Waals surface area contributed by atoms with Gasteiger partial charge in [-0.05, 0) is 12.1 Å². The van der Waals surface area contributed by atoms with Gasteiger partial charge >= 0.3 is 0 Å². The van der Waals surface area contributed by atoms with Crippen LogP contribution >= 0.6 is 0 Å². The molecule has 110 valence electrons. The summed E-state index contributed by atoms with van der Waals surface area (Å²) in [5.41, 5.74) is 2.31. The molecule has 0 spiro atoms. The highest BCUT2D eigenvalue weighted by molar-refractivity contribution is 6.07. The Labute approximate surface area is 123 Å². The van der Waals surface area contributed by atoms with Crippen LogP contribution in [-0.2, 0) is 6.54 Å². The summed E-state index contributed by atoms with van der Waals surface area (Å²) in [6.45, 7) is 1.93. The number of quaternary nitrogens is 1. The smallest absolute Gasteiger partial charge is 0.121 e. The minimum Gasteiger partial charge on any atom is -0.391 e. The van der Waals surface area contributed by atoms with Gasteiger partial charge in [0.25, 0.3) is 0 Å². The van der Waals surface area contributed by atoms with Gasteiger partial charge < -0.3 is 20.1 Å². The third kappa shape index (κ3) is 2.78. The Kier molecular flexibility index (Phi) is 4.20. The summed E-state index contributed by atoms with van der Waals surface area (Å²) < 4.78 is 2.18. The number of benzene rings is 2. The molecule has 0 unspecified atom stereocenters. The molecule has 4 nitrogen and oxygen atoms in total. The molecule has 21 heavy (non-hydrogen) atoms. The number of nitrogens with two attached hydrogens (primary N) is 1. The van der Waals surface area contributed by atoms with Crippen LogP contribution in [0.4, 0.5) is 0 Å². The highest BCUT2D eigenvalue weighted by Gasteiger charge is 2.13. The maximum absolute atomic E-state index is 10.2. The van der Waals surface area contributed by atoms with Crippen LogP contribution in [0.2, 0.25) is 0 Å². The van der Waals surface area contributed by atoms with E-state index in [1.807, 2.05) is 29.6 Å². The molecule has 0 aliphatic rings. The number of hydrogen-bond donors (Lipinski definition) is 3. The minimum absolute atomic E-state index is 0.141. The fourth-order valence-corrected chi connectivity index (χ4v) is 2.89. The van der Waals surface area contributed by atoms with Crippen molar-refractivity contribution in [2.45, 2.75) is 12.6 Å². The molecule has 0 fully saturated rings. The van der Waals surface area contributed by atoms with E-state index in [0.29, 0.717) is 19.6 Å². The van der Waals surface area contributed by atoms with Crippen molar-refractivity contribution < 1.29 is 15.5 Å². The van der Waals surface area contributed by atoms with Crippen LogP contribution in [0.15, 0.2) is 48.5 Å². The highest BCUT2D eigenvalue weighted by Crippen LogP contribution is 2.28. The van der Waals surface area contributed by atoms with Crippen molar-refractivity contribution in [3.8, 4) is 0 Å². The van der Waals surface area contributed by atoms with Crippen molar-refractivity contribution in [1.29, 1.82) is 0 Å². The van der Waals surface area contributed by atoms with Gasteiger partial charge in [-0.3, -0.25) is 0 Å². The summed E-state index contributed by atoms with van der Waals surface area (Å²) in [5, 5.41) is 23.4. The molecular weight excluding hydrogens is 264 g/mol. The molecule has 0 aliphatic carbocycles. The third-order valence-electron chi connectivity index (χ3n) is 3.85. The lowest BCUT2D eigenvalue weighted by Crippen LogP contribution is -2.87. The van der Waals surface area contributed by atoms with E-state index in [1.165, 1.54) is 10.8 Å². The largest absolute Gasteiger partial charge is 0.391 e. The number of para-hydroxylation sites is 2. The average molecular weight is 285 g/mol. The second kappa shape index (κ2) is 6.26. The van der Waals surface area contributed by atoms with Crippen molar-refractivity contribution in [3.05, 3.63) is 48.5 Å². The molecule has 4 heteroatoms. The van der Waals surface area contributed by atoms with Gasteiger partial charge in [-0.1, -0.05) is 36.4 Å². The first-order valence-electron chi connectivity index (χ1n) is 7.38. The van der Waals surface area contributed by atoms with Crippen LogP contribution in [0.1, 0.15) is 0 Å². The van der Waals surface area contributed by atoms with Gasteiger partial charge in [-0.15, -0.1) is 0 Å². The zero-order valence-electron chi connectivity index (χ0n) is 11.9. The van der Waals surface area contributed by atoms with E-state index in [-0.39, 0.29) is 6.61 Å². The zero-order valence-corrected chi connectivity index (χ0v) is 11.9. The molecule has 0 amide bonds. The van der Waals surface area contributed by atoms with E-state index in [4.69, 9.17) is 5.11 Å². The molecule has 1 aromatic heterocycles. The van der Waals surface area contributed by atoms with Crippen molar-refractivity contribution >= 4 is 21.8 Å². The molecule has 3 rings (SSSR count). The van der Waals surface area contributed by atoms with Gasteiger partial charge in [0.2, 0.25) is 0 Å². The van der Waals surface area contributed by atoms with Crippen molar-refractivity contribution in [2.75, 3.05) is 19.7 Å². The number of fused-ring (bicyclic) bond motifs is 3. The number of rotatable bonds is 6. The van der Waals surface area contributed by atoms with Crippen molar-refractivity contribution in [1.82, 2.24) is 4.57 Å². The van der Waals surface area contributed by atoms with Crippen molar-refractivity contribution in [2.24, 2.45) is 0 Å². The van der Waals surface area contributed by atoms with Gasteiger partial charge in [-0.25, -0.2) is 0 Å². The number of aliphatic hydroxyl groups is 2. The SMILES string of the molecule is OCC[NH2+]C[C@H](O)Cn1c2ccccc2c2ccccc21. The fraction of sp³-hybridized carbons (Fsp3) is 0.294. The molecule has 0 bridgehead atoms. The van der Waals surface area contributed by atoms with Crippen molar-refractivity contribution in [3.63, 3.8) is 0 Å². The second-order valence-electron chi connectivity index (χ2n) is 5.34. The molecule has 0 saturated heterocycles. The van der Waals surface area contributed by atoms with E-state index in [2.05, 4.69) is 28.8 Å². The summed E-state index contributed by atoms with van der Waals surface area (Å²) in [6, 6.07) is 16.6. The predicted molar refractivity (Wildman–Crippen MR) is 84.2 cm³/mol. The van der Waals surface area contributed by atoms with Gasteiger partial charge in [0, 0.05) is 21.8 Å². The van der Waals surface area contributed by atoms with Crippen LogP contribution in [0.3, 0.4) is 0 Å². The number of nitrogens with zero attached hydrogens (tertiary/aromatic N) is 1. The summed E-state index contributed by atoms with van der Waals surface area (Å²) >= 11 is 0. The van der Waals surface area contributed by atoms with E-state index in [1.54, 1.807) is 0 Å². The maximum Gasteiger partial charge on any atom is 0.121 e. The standard InChI is InChI=1S/C17H20N2O2/c20-10-9-18-11-13(21)12-19-16-7-3-1-5-14(16)15-6-2-4-8-17(15)19/h1-8,13,18,20-21H,9-12H2/p+1/t13-/m0/s1. The molecule has 4 N–H and O–H groups in total.